The van der Waals surface area contributed by atoms with Crippen LogP contribution in [0.25, 0.3) is 0 Å². The Kier molecular flexibility index (Phi) is 10.3. The molecule has 0 unspecified atom stereocenters. The number of nitrogens with zero attached hydrogens (tertiary/aromatic N) is 2. The molecule has 9 heteroatoms. The van der Waals surface area contributed by atoms with Crippen LogP contribution in [0.1, 0.15) is 37.8 Å². The number of carbonyl (C=O) groups is 2. The Morgan fingerprint density at radius 3 is 2.16 bits per heavy atom. The Bertz CT molecular complexity index is 1330. The Balaban J connectivity index is 2.07. The third-order valence-electron chi connectivity index (χ3n) is 6.25. The van der Waals surface area contributed by atoms with Crippen LogP contribution in [0.5, 0.6) is 0 Å². The van der Waals surface area contributed by atoms with Crippen molar-refractivity contribution in [2.24, 2.45) is 0 Å². The highest BCUT2D eigenvalue weighted by Gasteiger charge is 2.34. The van der Waals surface area contributed by atoms with E-state index >= 15 is 0 Å². The van der Waals surface area contributed by atoms with Crippen LogP contribution < -0.4 is 9.62 Å². The van der Waals surface area contributed by atoms with Crippen molar-refractivity contribution in [1.82, 2.24) is 10.2 Å². The smallest absolute Gasteiger partial charge is 0.264 e. The number of halogens is 1. The molecule has 0 aliphatic heterocycles. The number of sulfonamides is 1. The molecular formula is C29H34ClN3O4S. The van der Waals surface area contributed by atoms with Crippen LogP contribution in [0.4, 0.5) is 5.69 Å². The summed E-state index contributed by atoms with van der Waals surface area (Å²) in [7, 11) is -4.14. The number of carbonyl (C=O) groups excluding carboxylic acids is 2. The first-order chi connectivity index (χ1) is 18.2. The van der Waals surface area contributed by atoms with E-state index in [4.69, 9.17) is 11.6 Å². The minimum atomic E-state index is -4.14. The van der Waals surface area contributed by atoms with Gasteiger partial charge in [0.05, 0.1) is 10.6 Å². The topological polar surface area (TPSA) is 86.8 Å². The normalized spacial score (nSPS) is 12.0. The zero-order valence-electron chi connectivity index (χ0n) is 21.9. The average molecular weight is 556 g/mol. The molecule has 0 saturated carbocycles. The van der Waals surface area contributed by atoms with E-state index in [2.05, 4.69) is 5.32 Å². The van der Waals surface area contributed by atoms with E-state index in [0.29, 0.717) is 29.2 Å². The third-order valence-corrected chi connectivity index (χ3v) is 8.43. The molecule has 3 rings (SSSR count). The number of rotatable bonds is 12. The second kappa shape index (κ2) is 13.4. The van der Waals surface area contributed by atoms with Gasteiger partial charge in [-0.3, -0.25) is 13.9 Å². The van der Waals surface area contributed by atoms with Crippen LogP contribution in [0, 0.1) is 6.92 Å². The minimum absolute atomic E-state index is 0.0505. The fourth-order valence-corrected chi connectivity index (χ4v) is 5.83. The van der Waals surface area contributed by atoms with Crippen molar-refractivity contribution < 1.29 is 18.0 Å². The van der Waals surface area contributed by atoms with Gasteiger partial charge in [-0.15, -0.1) is 0 Å². The molecule has 0 fully saturated rings. The lowest BCUT2D eigenvalue weighted by molar-refractivity contribution is -0.140. The van der Waals surface area contributed by atoms with E-state index in [1.54, 1.807) is 43.3 Å². The zero-order chi connectivity index (χ0) is 27.7. The van der Waals surface area contributed by atoms with E-state index in [0.717, 1.165) is 16.3 Å². The Labute approximate surface area is 230 Å². The maximum atomic E-state index is 14.0. The molecular weight excluding hydrogens is 522 g/mol. The summed E-state index contributed by atoms with van der Waals surface area (Å²) in [5, 5.41) is 3.26. The van der Waals surface area contributed by atoms with E-state index < -0.39 is 28.5 Å². The number of anilines is 1. The second-order valence-corrected chi connectivity index (χ2v) is 11.2. The van der Waals surface area contributed by atoms with Gasteiger partial charge >= 0.3 is 0 Å². The number of nitrogens with one attached hydrogen (secondary N) is 1. The summed E-state index contributed by atoms with van der Waals surface area (Å²) in [6.45, 7) is 5.65. The van der Waals surface area contributed by atoms with Gasteiger partial charge < -0.3 is 10.2 Å². The molecule has 2 amide bonds. The van der Waals surface area contributed by atoms with E-state index in [1.165, 1.54) is 17.0 Å². The van der Waals surface area contributed by atoms with Gasteiger partial charge in [0.1, 0.15) is 12.6 Å². The summed E-state index contributed by atoms with van der Waals surface area (Å²) in [6.07, 6.45) is 1.13. The summed E-state index contributed by atoms with van der Waals surface area (Å²) in [5.74, 6) is -0.763. The molecule has 3 aromatic carbocycles. The zero-order valence-corrected chi connectivity index (χ0v) is 23.5. The summed E-state index contributed by atoms with van der Waals surface area (Å²) in [6, 6.07) is 21.5. The third kappa shape index (κ3) is 6.94. The predicted octanol–water partition coefficient (Wildman–Crippen LogP) is 5.18. The lowest BCUT2D eigenvalue weighted by atomic mass is 10.1. The standard InChI is InChI=1S/C29H34ClN3O4S/c1-4-19-31-29(35)26(5-2)32(20-23-13-8-6-9-14-23)28(34)21-33(27-18-12-17-25(30)22(27)3)38(36,37)24-15-10-7-11-16-24/h6-18,26H,4-5,19-21H2,1-3H3,(H,31,35)/t26-/m1/s1. The van der Waals surface area contributed by atoms with Crippen molar-refractivity contribution in [2.45, 2.75) is 51.1 Å². The van der Waals surface area contributed by atoms with Gasteiger partial charge in [0.2, 0.25) is 11.8 Å². The number of hydrogen-bond donors (Lipinski definition) is 1. The lowest BCUT2D eigenvalue weighted by Gasteiger charge is -2.33. The molecule has 1 atom stereocenters. The quantitative estimate of drug-likeness (QED) is 0.334. The molecule has 7 nitrogen and oxygen atoms in total. The monoisotopic (exact) mass is 555 g/mol. The molecule has 1 N–H and O–H groups in total. The van der Waals surface area contributed by atoms with Crippen molar-refractivity contribution in [1.29, 1.82) is 0 Å². The van der Waals surface area contributed by atoms with Crippen LogP contribution in [0.3, 0.4) is 0 Å². The first-order valence-electron chi connectivity index (χ1n) is 12.6. The number of amides is 2. The average Bonchev–Trinajstić information content (AvgIpc) is 2.93. The molecule has 0 bridgehead atoms. The molecule has 202 valence electrons. The van der Waals surface area contributed by atoms with Crippen LogP contribution in [-0.4, -0.2) is 44.3 Å². The highest BCUT2D eigenvalue weighted by molar-refractivity contribution is 7.92. The van der Waals surface area contributed by atoms with Gasteiger partial charge in [-0.2, -0.15) is 0 Å². The van der Waals surface area contributed by atoms with Crippen LogP contribution >= 0.6 is 11.6 Å². The van der Waals surface area contributed by atoms with E-state index in [-0.39, 0.29) is 17.3 Å². The molecule has 0 aliphatic rings. The first kappa shape index (κ1) is 29.2. The Hall–Kier alpha value is -3.36. The SMILES string of the molecule is CCCNC(=O)[C@@H](CC)N(Cc1ccccc1)C(=O)CN(c1cccc(Cl)c1C)S(=O)(=O)c1ccccc1. The molecule has 38 heavy (non-hydrogen) atoms. The van der Waals surface area contributed by atoms with Gasteiger partial charge in [-0.05, 0) is 55.2 Å². The summed E-state index contributed by atoms with van der Waals surface area (Å²) in [4.78, 5) is 28.6. The largest absolute Gasteiger partial charge is 0.354 e. The van der Waals surface area contributed by atoms with Gasteiger partial charge in [0.25, 0.3) is 10.0 Å². The predicted molar refractivity (Wildman–Crippen MR) is 152 cm³/mol. The fraction of sp³-hybridized carbons (Fsp3) is 0.310. The molecule has 0 saturated heterocycles. The lowest BCUT2D eigenvalue weighted by Crippen LogP contribution is -2.52. The Morgan fingerprint density at radius 1 is 0.921 bits per heavy atom. The van der Waals surface area contributed by atoms with Crippen LogP contribution in [0.15, 0.2) is 83.8 Å². The number of hydrogen-bond acceptors (Lipinski definition) is 4. The van der Waals surface area contributed by atoms with Crippen molar-refractivity contribution >= 4 is 39.1 Å². The molecule has 3 aromatic rings. The number of benzene rings is 3. The van der Waals surface area contributed by atoms with Gasteiger partial charge in [0, 0.05) is 18.1 Å². The van der Waals surface area contributed by atoms with Crippen molar-refractivity contribution in [3.05, 3.63) is 95.0 Å². The van der Waals surface area contributed by atoms with Crippen molar-refractivity contribution in [2.75, 3.05) is 17.4 Å². The molecule has 0 aliphatic carbocycles. The van der Waals surface area contributed by atoms with Crippen molar-refractivity contribution in [3.8, 4) is 0 Å². The molecule has 0 radical (unpaired) electrons. The van der Waals surface area contributed by atoms with E-state index in [1.807, 2.05) is 44.2 Å². The summed E-state index contributed by atoms with van der Waals surface area (Å²) in [5.41, 5.74) is 1.67. The Morgan fingerprint density at radius 2 is 1.55 bits per heavy atom. The second-order valence-electron chi connectivity index (χ2n) is 8.93. The summed E-state index contributed by atoms with van der Waals surface area (Å²) < 4.78 is 28.8. The van der Waals surface area contributed by atoms with Gasteiger partial charge in [-0.25, -0.2) is 8.42 Å². The summed E-state index contributed by atoms with van der Waals surface area (Å²) >= 11 is 6.35. The van der Waals surface area contributed by atoms with E-state index in [9.17, 15) is 18.0 Å². The van der Waals surface area contributed by atoms with Gasteiger partial charge in [0.15, 0.2) is 0 Å². The van der Waals surface area contributed by atoms with Crippen LogP contribution in [0.2, 0.25) is 5.02 Å². The van der Waals surface area contributed by atoms with Gasteiger partial charge in [-0.1, -0.05) is 80.0 Å². The highest BCUT2D eigenvalue weighted by atomic mass is 35.5. The molecule has 0 heterocycles. The molecule has 0 aromatic heterocycles. The maximum absolute atomic E-state index is 14.0. The van der Waals surface area contributed by atoms with Crippen molar-refractivity contribution in [3.63, 3.8) is 0 Å². The first-order valence-corrected chi connectivity index (χ1v) is 14.5. The van der Waals surface area contributed by atoms with Crippen LogP contribution in [-0.2, 0) is 26.2 Å². The minimum Gasteiger partial charge on any atom is -0.354 e. The fourth-order valence-electron chi connectivity index (χ4n) is 4.16. The molecule has 0 spiro atoms. The highest BCUT2D eigenvalue weighted by Crippen LogP contribution is 2.31. The maximum Gasteiger partial charge on any atom is 0.264 e.